The van der Waals surface area contributed by atoms with Gasteiger partial charge >= 0.3 is 5.97 Å². The first-order chi connectivity index (χ1) is 16.8. The van der Waals surface area contributed by atoms with Crippen molar-refractivity contribution in [2.75, 3.05) is 37.9 Å². The predicted molar refractivity (Wildman–Crippen MR) is 142 cm³/mol. The van der Waals surface area contributed by atoms with Gasteiger partial charge in [0.2, 0.25) is 11.8 Å². The normalized spacial score (nSPS) is 12.4. The number of nitrogens with two attached hydrogens (primary N) is 1. The molecular weight excluding hydrogens is 458 g/mol. The number of nitrogens with zero attached hydrogens (tertiary/aromatic N) is 2. The Kier molecular flexibility index (Phi) is 8.17. The van der Waals surface area contributed by atoms with Gasteiger partial charge in [0.1, 0.15) is 11.3 Å². The monoisotopic (exact) mass is 493 g/mol. The molecule has 0 bridgehead atoms. The maximum atomic E-state index is 12.8. The van der Waals surface area contributed by atoms with Gasteiger partial charge in [0.25, 0.3) is 0 Å². The van der Waals surface area contributed by atoms with E-state index in [0.717, 1.165) is 22.2 Å². The van der Waals surface area contributed by atoms with E-state index in [1.54, 1.807) is 36.2 Å². The van der Waals surface area contributed by atoms with Crippen LogP contribution >= 0.6 is 0 Å². The molecule has 0 aliphatic rings. The van der Waals surface area contributed by atoms with Crippen LogP contribution in [0, 0.1) is 0 Å². The second-order valence-corrected chi connectivity index (χ2v) is 10.1. The zero-order chi connectivity index (χ0) is 26.6. The first-order valence-corrected chi connectivity index (χ1v) is 11.7. The number of hydrogen-bond donors (Lipinski definition) is 3. The van der Waals surface area contributed by atoms with Crippen LogP contribution in [0.15, 0.2) is 48.5 Å². The van der Waals surface area contributed by atoms with Crippen LogP contribution in [0.1, 0.15) is 36.8 Å². The van der Waals surface area contributed by atoms with Crippen LogP contribution in [0.3, 0.4) is 0 Å². The summed E-state index contributed by atoms with van der Waals surface area (Å²) < 4.78 is 5.41. The number of rotatable bonds is 8. The number of fused-ring (bicyclic) bond motifs is 1. The number of hydrogen-bond acceptors (Lipinski definition) is 6. The first-order valence-electron chi connectivity index (χ1n) is 11.7. The molecule has 3 rings (SSSR count). The molecule has 2 amide bonds. The van der Waals surface area contributed by atoms with Gasteiger partial charge in [0, 0.05) is 29.3 Å². The molecule has 4 N–H and O–H groups in total. The van der Waals surface area contributed by atoms with Crippen LogP contribution in [0.25, 0.3) is 10.9 Å². The number of aromatic amines is 1. The minimum atomic E-state index is -0.790. The number of ether oxygens (including phenoxy) is 1. The van der Waals surface area contributed by atoms with Gasteiger partial charge < -0.3 is 30.6 Å². The van der Waals surface area contributed by atoms with Crippen LogP contribution in [0.2, 0.25) is 0 Å². The maximum Gasteiger partial charge on any atom is 0.355 e. The molecule has 1 atom stereocenters. The molecule has 3 aromatic rings. The van der Waals surface area contributed by atoms with Gasteiger partial charge in [-0.25, -0.2) is 4.79 Å². The predicted octanol–water partition coefficient (Wildman–Crippen LogP) is 3.16. The highest BCUT2D eigenvalue weighted by molar-refractivity contribution is 5.99. The van der Waals surface area contributed by atoms with Crippen LogP contribution in [0.5, 0.6) is 0 Å². The second kappa shape index (κ2) is 10.9. The molecule has 1 unspecified atom stereocenters. The SMILES string of the molecule is CN(C)CC(=O)N(C)c1cccc(CC(N)C(=O)Nc2ccc3[nH]c(C(=O)OC(C)(C)C)cc3c2)c1. The summed E-state index contributed by atoms with van der Waals surface area (Å²) >= 11 is 0. The zero-order valence-electron chi connectivity index (χ0n) is 21.7. The number of H-pyrrole nitrogens is 1. The molecule has 192 valence electrons. The summed E-state index contributed by atoms with van der Waals surface area (Å²) in [7, 11) is 5.41. The van der Waals surface area contributed by atoms with Crippen LogP contribution in [-0.2, 0) is 20.7 Å². The van der Waals surface area contributed by atoms with Crippen molar-refractivity contribution >= 4 is 40.1 Å². The summed E-state index contributed by atoms with van der Waals surface area (Å²) in [6.45, 7) is 5.73. The fraction of sp³-hybridized carbons (Fsp3) is 0.370. The van der Waals surface area contributed by atoms with Crippen molar-refractivity contribution in [2.45, 2.75) is 38.8 Å². The summed E-state index contributed by atoms with van der Waals surface area (Å²) in [5.74, 6) is -0.809. The molecule has 0 saturated heterocycles. The van der Waals surface area contributed by atoms with E-state index >= 15 is 0 Å². The Labute approximate surface area is 211 Å². The third-order valence-corrected chi connectivity index (χ3v) is 5.42. The first kappa shape index (κ1) is 26.9. The number of anilines is 2. The topological polar surface area (TPSA) is 121 Å². The number of carbonyl (C=O) groups is 3. The zero-order valence-corrected chi connectivity index (χ0v) is 21.7. The summed E-state index contributed by atoms with van der Waals surface area (Å²) in [5, 5.41) is 3.61. The van der Waals surface area contributed by atoms with Crippen LogP contribution in [-0.4, -0.2) is 67.0 Å². The Morgan fingerprint density at radius 1 is 1.06 bits per heavy atom. The third-order valence-electron chi connectivity index (χ3n) is 5.42. The summed E-state index contributed by atoms with van der Waals surface area (Å²) in [6.07, 6.45) is 0.310. The molecule has 0 spiro atoms. The van der Waals surface area contributed by atoms with Crippen LogP contribution in [0.4, 0.5) is 11.4 Å². The largest absolute Gasteiger partial charge is 0.455 e. The average molecular weight is 494 g/mol. The van der Waals surface area contributed by atoms with Crippen molar-refractivity contribution in [3.63, 3.8) is 0 Å². The van der Waals surface area contributed by atoms with Crippen molar-refractivity contribution in [1.82, 2.24) is 9.88 Å². The highest BCUT2D eigenvalue weighted by Gasteiger charge is 2.20. The lowest BCUT2D eigenvalue weighted by molar-refractivity contribution is -0.119. The Hall–Kier alpha value is -3.69. The van der Waals surface area contributed by atoms with E-state index in [1.165, 1.54) is 0 Å². The fourth-order valence-corrected chi connectivity index (χ4v) is 3.65. The number of esters is 1. The lowest BCUT2D eigenvalue weighted by atomic mass is 10.0. The van der Waals surface area contributed by atoms with E-state index in [4.69, 9.17) is 10.5 Å². The molecule has 0 aliphatic heterocycles. The molecule has 36 heavy (non-hydrogen) atoms. The van der Waals surface area contributed by atoms with E-state index in [0.29, 0.717) is 24.3 Å². The summed E-state index contributed by atoms with van der Waals surface area (Å²) in [6, 6.07) is 13.6. The van der Waals surface area contributed by atoms with Crippen molar-refractivity contribution in [3.8, 4) is 0 Å². The lowest BCUT2D eigenvalue weighted by Crippen LogP contribution is -2.37. The molecule has 0 aliphatic carbocycles. The van der Waals surface area contributed by atoms with E-state index in [9.17, 15) is 14.4 Å². The molecular formula is C27H35N5O4. The van der Waals surface area contributed by atoms with Crippen molar-refractivity contribution in [2.24, 2.45) is 5.73 Å². The van der Waals surface area contributed by atoms with Gasteiger partial charge in [-0.05, 0) is 83.2 Å². The average Bonchev–Trinajstić information content (AvgIpc) is 3.21. The van der Waals surface area contributed by atoms with E-state index in [2.05, 4.69) is 10.3 Å². The molecule has 2 aromatic carbocycles. The van der Waals surface area contributed by atoms with Gasteiger partial charge in [-0.15, -0.1) is 0 Å². The Bertz CT molecular complexity index is 1260. The molecule has 1 heterocycles. The molecule has 1 aromatic heterocycles. The Morgan fingerprint density at radius 3 is 2.44 bits per heavy atom. The number of amides is 2. The molecule has 0 saturated carbocycles. The molecule has 9 nitrogen and oxygen atoms in total. The van der Waals surface area contributed by atoms with Crippen molar-refractivity contribution in [3.05, 3.63) is 59.8 Å². The number of carbonyl (C=O) groups excluding carboxylic acids is 3. The highest BCUT2D eigenvalue weighted by atomic mass is 16.6. The molecule has 0 fully saturated rings. The van der Waals surface area contributed by atoms with Crippen molar-refractivity contribution in [1.29, 1.82) is 0 Å². The van der Waals surface area contributed by atoms with Gasteiger partial charge in [0.15, 0.2) is 0 Å². The lowest BCUT2D eigenvalue weighted by Gasteiger charge is -2.21. The van der Waals surface area contributed by atoms with Crippen molar-refractivity contribution < 1.29 is 19.1 Å². The molecule has 0 radical (unpaired) electrons. The second-order valence-electron chi connectivity index (χ2n) is 10.1. The summed E-state index contributed by atoms with van der Waals surface area (Å²) in [5.41, 5.74) is 8.86. The minimum Gasteiger partial charge on any atom is -0.455 e. The highest BCUT2D eigenvalue weighted by Crippen LogP contribution is 2.22. The van der Waals surface area contributed by atoms with E-state index < -0.39 is 17.6 Å². The van der Waals surface area contributed by atoms with Gasteiger partial charge in [-0.3, -0.25) is 9.59 Å². The quantitative estimate of drug-likeness (QED) is 0.415. The van der Waals surface area contributed by atoms with Gasteiger partial charge in [-0.2, -0.15) is 0 Å². The maximum absolute atomic E-state index is 12.8. The van der Waals surface area contributed by atoms with E-state index in [-0.39, 0.29) is 11.8 Å². The molecule has 9 heteroatoms. The fourth-order valence-electron chi connectivity index (χ4n) is 3.65. The smallest absolute Gasteiger partial charge is 0.355 e. The van der Waals surface area contributed by atoms with Gasteiger partial charge in [0.05, 0.1) is 12.6 Å². The Morgan fingerprint density at radius 2 is 1.78 bits per heavy atom. The van der Waals surface area contributed by atoms with Crippen LogP contribution < -0.4 is 16.0 Å². The number of aromatic nitrogens is 1. The standard InChI is InChI=1S/C27H35N5O4/c1-27(2,3)36-26(35)23-15-18-14-19(10-11-22(18)30-23)29-25(34)21(28)13-17-8-7-9-20(12-17)32(6)24(33)16-31(4)5/h7-12,14-15,21,30H,13,16,28H2,1-6H3,(H,29,34). The third kappa shape index (κ3) is 7.16. The van der Waals surface area contributed by atoms with Gasteiger partial charge in [-0.1, -0.05) is 12.1 Å². The number of likely N-dealkylation sites (N-methyl/N-ethyl adjacent to an activating group) is 2. The van der Waals surface area contributed by atoms with E-state index in [1.807, 2.05) is 64.0 Å². The summed E-state index contributed by atoms with van der Waals surface area (Å²) in [4.78, 5) is 43.9. The Balaban J connectivity index is 1.65. The number of benzene rings is 2. The minimum absolute atomic E-state index is 0.0332. The number of nitrogens with one attached hydrogen (secondary N) is 2.